The molecule has 1 aromatic carbocycles. The number of benzene rings is 1. The van der Waals surface area contributed by atoms with Gasteiger partial charge in [0.15, 0.2) is 5.79 Å². The van der Waals surface area contributed by atoms with E-state index in [1.807, 2.05) is 6.92 Å². The monoisotopic (exact) mass is 790 g/mol. The van der Waals surface area contributed by atoms with Crippen molar-refractivity contribution in [2.45, 2.75) is 138 Å². The van der Waals surface area contributed by atoms with E-state index in [1.54, 1.807) is 36.4 Å². The van der Waals surface area contributed by atoms with Gasteiger partial charge < -0.3 is 9.47 Å². The minimum atomic E-state index is -8.67. The summed E-state index contributed by atoms with van der Waals surface area (Å²) in [5.74, 6) is -60.9. The first-order chi connectivity index (χ1) is 23.6. The Kier molecular flexibility index (Phi) is 14.3. The average molecular weight is 791 g/mol. The van der Waals surface area contributed by atoms with Crippen LogP contribution < -0.4 is 0 Å². The Morgan fingerprint density at radius 3 is 1.52 bits per heavy atom. The molecule has 2 unspecified atom stereocenters. The summed E-state index contributed by atoms with van der Waals surface area (Å²) < 4.78 is 248. The molecule has 0 fully saturated rings. The second-order valence-electron chi connectivity index (χ2n) is 12.5. The van der Waals surface area contributed by atoms with Gasteiger partial charge in [-0.05, 0) is 31.4 Å². The molecule has 0 aliphatic heterocycles. The normalized spacial score (nSPS) is 17.5. The van der Waals surface area contributed by atoms with Crippen molar-refractivity contribution < 1.29 is 84.1 Å². The van der Waals surface area contributed by atoms with Crippen molar-refractivity contribution in [3.8, 4) is 0 Å². The highest BCUT2D eigenvalue weighted by atomic mass is 19.4. The van der Waals surface area contributed by atoms with Crippen LogP contribution in [0.2, 0.25) is 0 Å². The molecule has 0 bridgehead atoms. The van der Waals surface area contributed by atoms with Gasteiger partial charge >= 0.3 is 47.6 Å². The predicted octanol–water partition coefficient (Wildman–Crippen LogP) is 12.7. The van der Waals surface area contributed by atoms with Crippen molar-refractivity contribution in [3.63, 3.8) is 0 Å². The molecule has 0 radical (unpaired) electrons. The summed E-state index contributed by atoms with van der Waals surface area (Å²) in [5.41, 5.74) is 1.24. The first-order valence-electron chi connectivity index (χ1n) is 16.4. The summed E-state index contributed by atoms with van der Waals surface area (Å²) in [4.78, 5) is 0. The molecule has 1 aliphatic rings. The molecule has 0 saturated heterocycles. The number of unbranched alkanes of at least 4 members (excludes halogenated alkanes) is 5. The molecule has 2 atom stereocenters. The smallest absolute Gasteiger partial charge is 0.350 e. The largest absolute Gasteiger partial charge is 0.460 e. The lowest BCUT2D eigenvalue weighted by Gasteiger charge is -2.45. The second kappa shape index (κ2) is 16.2. The lowest BCUT2D eigenvalue weighted by Crippen LogP contribution is -2.74. The van der Waals surface area contributed by atoms with Crippen LogP contribution >= 0.6 is 0 Å². The molecule has 0 heterocycles. The zero-order valence-electron chi connectivity index (χ0n) is 28.1. The van der Waals surface area contributed by atoms with Crippen LogP contribution in [0.5, 0.6) is 0 Å². The maximum absolute atomic E-state index is 15.2. The summed E-state index contributed by atoms with van der Waals surface area (Å²) in [6, 6.07) is 6.59. The molecular formula is C33H39F17O2. The summed E-state index contributed by atoms with van der Waals surface area (Å²) in [6.07, 6.45) is -4.35. The third-order valence-corrected chi connectivity index (χ3v) is 9.06. The third kappa shape index (κ3) is 8.04. The topological polar surface area (TPSA) is 18.5 Å². The fourth-order valence-corrected chi connectivity index (χ4v) is 6.20. The molecule has 0 amide bonds. The Balaban J connectivity index is 2.60. The molecule has 1 aliphatic carbocycles. The Morgan fingerprint density at radius 1 is 0.558 bits per heavy atom. The van der Waals surface area contributed by atoms with Crippen molar-refractivity contribution >= 4 is 6.08 Å². The quantitative estimate of drug-likeness (QED) is 0.0662. The lowest BCUT2D eigenvalue weighted by atomic mass is 9.76. The van der Waals surface area contributed by atoms with E-state index in [4.69, 9.17) is 9.47 Å². The van der Waals surface area contributed by atoms with Crippen molar-refractivity contribution in [3.05, 3.63) is 41.5 Å². The van der Waals surface area contributed by atoms with Crippen LogP contribution in [0, 0.1) is 5.92 Å². The number of alkyl halides is 17. The van der Waals surface area contributed by atoms with Crippen LogP contribution in [0.25, 0.3) is 6.08 Å². The van der Waals surface area contributed by atoms with Crippen LogP contribution in [0.3, 0.4) is 0 Å². The van der Waals surface area contributed by atoms with E-state index >= 15 is 8.78 Å². The van der Waals surface area contributed by atoms with Gasteiger partial charge in [0, 0.05) is 37.9 Å². The Bertz CT molecular complexity index is 1320. The van der Waals surface area contributed by atoms with Gasteiger partial charge in [-0.1, -0.05) is 81.9 Å². The zero-order chi connectivity index (χ0) is 40.2. The molecular weight excluding hydrogens is 751 g/mol. The first kappa shape index (κ1) is 45.8. The van der Waals surface area contributed by atoms with E-state index in [-0.39, 0.29) is 6.42 Å². The third-order valence-electron chi connectivity index (χ3n) is 9.06. The van der Waals surface area contributed by atoms with Gasteiger partial charge in [-0.15, -0.1) is 0 Å². The molecule has 0 aromatic heterocycles. The van der Waals surface area contributed by atoms with Crippen LogP contribution in [0.4, 0.5) is 74.6 Å². The predicted molar refractivity (Wildman–Crippen MR) is 156 cm³/mol. The van der Waals surface area contributed by atoms with Crippen LogP contribution in [-0.2, 0) is 9.47 Å². The second-order valence-corrected chi connectivity index (χ2v) is 12.5. The maximum atomic E-state index is 15.2. The number of fused-ring (bicyclic) bond motifs is 1. The van der Waals surface area contributed by atoms with Crippen molar-refractivity contribution in [1.29, 1.82) is 0 Å². The van der Waals surface area contributed by atoms with E-state index < -0.39 is 91.3 Å². The standard InChI is InChI=1S/C33H39F17O2/c1-4-7-8-9-10-11-16-24(23-18-17-21-14-12-13-15-22(21)23)25(51-5-2,52-6-3)19-20-26(34,35)27(36,37)28(38,39)29(40,41)30(42,43)31(44,45)32(46,47)33(48,49)50/h12-15,17-18,23-24H,4-11,16,19-20H2,1-3H3. The van der Waals surface area contributed by atoms with E-state index in [0.29, 0.717) is 24.0 Å². The molecule has 302 valence electrons. The highest BCUT2D eigenvalue weighted by Gasteiger charge is 2.95. The molecule has 0 N–H and O–H groups in total. The van der Waals surface area contributed by atoms with Gasteiger partial charge in [-0.2, -0.15) is 74.6 Å². The van der Waals surface area contributed by atoms with E-state index in [1.165, 1.54) is 13.8 Å². The fraction of sp³-hybridized carbons (Fsp3) is 0.758. The van der Waals surface area contributed by atoms with E-state index in [9.17, 15) is 65.9 Å². The number of hydrogen-bond acceptors (Lipinski definition) is 2. The number of hydrogen-bond donors (Lipinski definition) is 0. The van der Waals surface area contributed by atoms with Gasteiger partial charge in [0.25, 0.3) is 0 Å². The first-order valence-corrected chi connectivity index (χ1v) is 16.4. The molecule has 2 nitrogen and oxygen atoms in total. The summed E-state index contributed by atoms with van der Waals surface area (Å²) in [5, 5.41) is 0. The van der Waals surface area contributed by atoms with E-state index in [2.05, 4.69) is 0 Å². The number of allylic oxidation sites excluding steroid dienone is 1. The Hall–Kier alpha value is -2.31. The van der Waals surface area contributed by atoms with Gasteiger partial charge in [-0.3, -0.25) is 0 Å². The molecule has 0 saturated carbocycles. The number of rotatable bonds is 22. The molecule has 0 spiro atoms. The summed E-state index contributed by atoms with van der Waals surface area (Å²) >= 11 is 0. The van der Waals surface area contributed by atoms with Crippen LogP contribution in [0.15, 0.2) is 30.3 Å². The number of ether oxygens (including phenoxy) is 2. The van der Waals surface area contributed by atoms with Crippen molar-refractivity contribution in [1.82, 2.24) is 0 Å². The van der Waals surface area contributed by atoms with Crippen LogP contribution in [0.1, 0.15) is 95.6 Å². The highest BCUT2D eigenvalue weighted by molar-refractivity contribution is 5.62. The Morgan fingerprint density at radius 2 is 1.02 bits per heavy atom. The molecule has 52 heavy (non-hydrogen) atoms. The average Bonchev–Trinajstić information content (AvgIpc) is 3.46. The zero-order valence-corrected chi connectivity index (χ0v) is 28.1. The SMILES string of the molecule is CCCCCCCCC(C1C=Cc2ccccc21)C(CCC(F)(F)C(F)(F)C(F)(F)C(F)(F)C(F)(F)C(F)(F)C(F)(F)C(F)(F)F)(OCC)OCC. The van der Waals surface area contributed by atoms with Gasteiger partial charge in [0.05, 0.1) is 0 Å². The van der Waals surface area contributed by atoms with Gasteiger partial charge in [0.2, 0.25) is 0 Å². The fourth-order valence-electron chi connectivity index (χ4n) is 6.20. The minimum Gasteiger partial charge on any atom is -0.350 e. The van der Waals surface area contributed by atoms with E-state index in [0.717, 1.165) is 25.7 Å². The number of halogens is 17. The van der Waals surface area contributed by atoms with Gasteiger partial charge in [0.1, 0.15) is 0 Å². The maximum Gasteiger partial charge on any atom is 0.460 e. The molecule has 1 aromatic rings. The molecule has 19 heteroatoms. The highest BCUT2D eigenvalue weighted by Crippen LogP contribution is 2.64. The minimum absolute atomic E-state index is 0.0698. The molecule has 2 rings (SSSR count). The van der Waals surface area contributed by atoms with Gasteiger partial charge in [-0.25, -0.2) is 0 Å². The Labute approximate surface area is 289 Å². The summed E-state index contributed by atoms with van der Waals surface area (Å²) in [7, 11) is 0. The van der Waals surface area contributed by atoms with Crippen LogP contribution in [-0.4, -0.2) is 66.6 Å². The van der Waals surface area contributed by atoms with Crippen molar-refractivity contribution in [2.75, 3.05) is 13.2 Å². The summed E-state index contributed by atoms with van der Waals surface area (Å²) in [6.45, 7) is 3.80. The van der Waals surface area contributed by atoms with Crippen molar-refractivity contribution in [2.24, 2.45) is 5.92 Å². The lowest BCUT2D eigenvalue weighted by molar-refractivity contribution is -0.462.